The highest BCUT2D eigenvalue weighted by molar-refractivity contribution is 8.07. The zero-order chi connectivity index (χ0) is 13.9. The molecule has 100 valence electrons. The van der Waals surface area contributed by atoms with Crippen LogP contribution >= 0.6 is 12.1 Å². The van der Waals surface area contributed by atoms with Gasteiger partial charge in [0.05, 0.1) is 17.0 Å². The van der Waals surface area contributed by atoms with Crippen molar-refractivity contribution in [3.05, 3.63) is 29.8 Å². The Balaban J connectivity index is 3.01. The van der Waals surface area contributed by atoms with E-state index in [4.69, 9.17) is 0 Å². The minimum absolute atomic E-state index is 0.125. The first kappa shape index (κ1) is 14.9. The van der Waals surface area contributed by atoms with Crippen LogP contribution in [0.25, 0.3) is 0 Å². The molecular formula is C10H13FN2O3S2. The second kappa shape index (κ2) is 5.68. The third kappa shape index (κ3) is 3.21. The van der Waals surface area contributed by atoms with Crippen LogP contribution < -0.4 is 0 Å². The summed E-state index contributed by atoms with van der Waals surface area (Å²) in [4.78, 5) is 10.6. The van der Waals surface area contributed by atoms with Crippen LogP contribution in [0, 0.1) is 6.92 Å². The largest absolute Gasteiger partial charge is 0.410 e. The van der Waals surface area contributed by atoms with Gasteiger partial charge in [0, 0.05) is 14.1 Å². The molecule has 0 unspecified atom stereocenters. The number of carbonyl (C=O) groups excluding carboxylic acids is 1. The number of carbonyl (C=O) groups is 1. The Labute approximate surface area is 110 Å². The Bertz CT molecular complexity index is 548. The maximum Gasteiger partial charge on any atom is 0.410 e. The Morgan fingerprint density at radius 2 is 1.83 bits per heavy atom. The maximum atomic E-state index is 12.4. The molecule has 0 spiro atoms. The quantitative estimate of drug-likeness (QED) is 0.485. The van der Waals surface area contributed by atoms with E-state index in [0.29, 0.717) is 22.0 Å². The summed E-state index contributed by atoms with van der Waals surface area (Å²) in [7, 11) is -1.36. The van der Waals surface area contributed by atoms with E-state index in [0.717, 1.165) is 10.8 Å². The molecule has 1 aromatic carbocycles. The molecule has 0 saturated carbocycles. The highest BCUT2D eigenvalue weighted by atomic mass is 32.3. The van der Waals surface area contributed by atoms with Crippen LogP contribution in [0.1, 0.15) is 5.56 Å². The van der Waals surface area contributed by atoms with Crippen LogP contribution in [-0.4, -0.2) is 36.7 Å². The van der Waals surface area contributed by atoms with Crippen molar-refractivity contribution in [3.63, 3.8) is 0 Å². The molecule has 8 heteroatoms. The monoisotopic (exact) mass is 292 g/mol. The third-order valence-electron chi connectivity index (χ3n) is 2.20. The van der Waals surface area contributed by atoms with Crippen molar-refractivity contribution in [1.29, 1.82) is 0 Å². The van der Waals surface area contributed by atoms with Gasteiger partial charge in [0.25, 0.3) is 10.0 Å². The van der Waals surface area contributed by atoms with Gasteiger partial charge in [-0.05, 0) is 18.6 Å². The minimum atomic E-state index is -3.76. The second-order valence-corrected chi connectivity index (χ2v) is 6.94. The Hall–Kier alpha value is -1.12. The fraction of sp³-hybridized carbons (Fsp3) is 0.300. The molecule has 5 nitrogen and oxygen atoms in total. The van der Waals surface area contributed by atoms with Crippen molar-refractivity contribution in [2.75, 3.05) is 14.1 Å². The summed E-state index contributed by atoms with van der Waals surface area (Å²) in [5.41, 5.74) is 0.583. The van der Waals surface area contributed by atoms with Crippen molar-refractivity contribution in [1.82, 2.24) is 8.02 Å². The van der Waals surface area contributed by atoms with Gasteiger partial charge in [-0.1, -0.05) is 18.2 Å². The van der Waals surface area contributed by atoms with Gasteiger partial charge in [0.2, 0.25) is 0 Å². The molecular weight excluding hydrogens is 279 g/mol. The number of hydrogen-bond donors (Lipinski definition) is 0. The van der Waals surface area contributed by atoms with E-state index in [-0.39, 0.29) is 4.90 Å². The highest BCUT2D eigenvalue weighted by Gasteiger charge is 2.25. The number of benzene rings is 1. The molecule has 0 aliphatic carbocycles. The van der Waals surface area contributed by atoms with Crippen LogP contribution in [0.5, 0.6) is 0 Å². The molecule has 18 heavy (non-hydrogen) atoms. The smallest absolute Gasteiger partial charge is 0.247 e. The van der Waals surface area contributed by atoms with Gasteiger partial charge in [-0.15, -0.1) is 8.10 Å². The van der Waals surface area contributed by atoms with E-state index in [1.165, 1.54) is 13.1 Å². The summed E-state index contributed by atoms with van der Waals surface area (Å²) in [6.07, 6.45) is -1.72. The minimum Gasteiger partial charge on any atom is -0.247 e. The standard InChI is InChI=1S/C10H13FN2O3S2/c1-8-6-4-5-7-9(8)18(15,16)13(3)17-12(2)10(11)14/h4-7H,1-3H3. The Morgan fingerprint density at radius 3 is 2.33 bits per heavy atom. The first-order valence-electron chi connectivity index (χ1n) is 4.92. The lowest BCUT2D eigenvalue weighted by atomic mass is 10.2. The molecule has 0 N–H and O–H groups in total. The summed E-state index contributed by atoms with van der Waals surface area (Å²) in [6, 6.07) is 6.44. The predicted octanol–water partition coefficient (Wildman–Crippen LogP) is 2.20. The van der Waals surface area contributed by atoms with Gasteiger partial charge < -0.3 is 0 Å². The molecule has 1 aromatic rings. The zero-order valence-electron chi connectivity index (χ0n) is 10.1. The average molecular weight is 292 g/mol. The van der Waals surface area contributed by atoms with E-state index in [9.17, 15) is 17.6 Å². The fourth-order valence-electron chi connectivity index (χ4n) is 1.23. The van der Waals surface area contributed by atoms with Crippen molar-refractivity contribution in [3.8, 4) is 0 Å². The molecule has 0 atom stereocenters. The lowest BCUT2D eigenvalue weighted by Gasteiger charge is -2.20. The first-order valence-corrected chi connectivity index (χ1v) is 7.09. The van der Waals surface area contributed by atoms with E-state index in [2.05, 4.69) is 0 Å². The molecule has 1 amide bonds. The van der Waals surface area contributed by atoms with Crippen LogP contribution in [0.3, 0.4) is 0 Å². The highest BCUT2D eigenvalue weighted by Crippen LogP contribution is 2.25. The zero-order valence-corrected chi connectivity index (χ0v) is 11.8. The number of halogens is 1. The van der Waals surface area contributed by atoms with E-state index < -0.39 is 16.2 Å². The molecule has 0 bridgehead atoms. The molecule has 0 heterocycles. The van der Waals surface area contributed by atoms with Gasteiger partial charge in [-0.3, -0.25) is 0 Å². The number of aryl methyl sites for hydroxylation is 1. The maximum absolute atomic E-state index is 12.4. The van der Waals surface area contributed by atoms with E-state index >= 15 is 0 Å². The van der Waals surface area contributed by atoms with Crippen LogP contribution in [-0.2, 0) is 10.0 Å². The lowest BCUT2D eigenvalue weighted by molar-refractivity contribution is 0.209. The summed E-state index contributed by atoms with van der Waals surface area (Å²) in [5, 5.41) is 0. The van der Waals surface area contributed by atoms with E-state index in [1.54, 1.807) is 25.1 Å². The predicted molar refractivity (Wildman–Crippen MR) is 68.0 cm³/mol. The van der Waals surface area contributed by atoms with Gasteiger partial charge >= 0.3 is 6.16 Å². The van der Waals surface area contributed by atoms with Gasteiger partial charge in [0.1, 0.15) is 0 Å². The average Bonchev–Trinajstić information content (AvgIpc) is 2.28. The summed E-state index contributed by atoms with van der Waals surface area (Å²) >= 11 is 0.472. The number of nitrogens with zero attached hydrogens (tertiary/aromatic N) is 2. The lowest BCUT2D eigenvalue weighted by Crippen LogP contribution is -2.27. The Kier molecular flexibility index (Phi) is 4.71. The van der Waals surface area contributed by atoms with Crippen molar-refractivity contribution >= 4 is 28.3 Å². The normalized spacial score (nSPS) is 11.6. The van der Waals surface area contributed by atoms with E-state index in [1.807, 2.05) is 0 Å². The topological polar surface area (TPSA) is 57.7 Å². The second-order valence-electron chi connectivity index (χ2n) is 3.51. The SMILES string of the molecule is Cc1ccccc1S(=O)(=O)N(C)SN(C)C(=O)F. The van der Waals surface area contributed by atoms with Crippen LogP contribution in [0.2, 0.25) is 0 Å². The number of hydrogen-bond acceptors (Lipinski definition) is 4. The first-order chi connectivity index (χ1) is 8.26. The number of rotatable bonds is 4. The molecule has 0 saturated heterocycles. The Morgan fingerprint density at radius 1 is 1.28 bits per heavy atom. The van der Waals surface area contributed by atoms with Crippen LogP contribution in [0.15, 0.2) is 29.2 Å². The van der Waals surface area contributed by atoms with Gasteiger partial charge in [-0.2, -0.15) is 0 Å². The molecule has 0 aliphatic heterocycles. The molecule has 0 aliphatic rings. The molecule has 1 rings (SSSR count). The molecule has 0 fully saturated rings. The summed E-state index contributed by atoms with van der Waals surface area (Å²) in [6.45, 7) is 1.66. The number of amides is 1. The third-order valence-corrected chi connectivity index (χ3v) is 5.29. The van der Waals surface area contributed by atoms with Crippen molar-refractivity contribution < 1.29 is 17.6 Å². The van der Waals surface area contributed by atoms with Crippen LogP contribution in [0.4, 0.5) is 9.18 Å². The molecule has 0 aromatic heterocycles. The van der Waals surface area contributed by atoms with Gasteiger partial charge in [-0.25, -0.2) is 17.5 Å². The summed E-state index contributed by atoms with van der Waals surface area (Å²) in [5.74, 6) is 0. The van der Waals surface area contributed by atoms with Crippen molar-refractivity contribution in [2.24, 2.45) is 0 Å². The van der Waals surface area contributed by atoms with Gasteiger partial charge in [0.15, 0.2) is 0 Å². The van der Waals surface area contributed by atoms with Crippen molar-refractivity contribution in [2.45, 2.75) is 11.8 Å². The fourth-order valence-corrected chi connectivity index (χ4v) is 3.54. The summed E-state index contributed by atoms with van der Waals surface area (Å²) < 4.78 is 38.1. The number of sulfonamides is 1. The molecule has 0 radical (unpaired) electrons.